The van der Waals surface area contributed by atoms with Crippen molar-refractivity contribution >= 4 is 48.1 Å². The summed E-state index contributed by atoms with van der Waals surface area (Å²) in [5, 5.41) is 14.2. The number of carbonyl (C=O) groups is 4. The number of thioether (sulfide) groups is 1. The molecule has 0 radical (unpaired) electrons. The molecule has 0 aromatic carbocycles. The summed E-state index contributed by atoms with van der Waals surface area (Å²) >= 11 is 5.64. The SMILES string of the molecule is CSCCC(N)C(=O)NC(CS)C(=O)NC(C)C(=O)N1CCCC1C(=O)O. The number of amides is 3. The van der Waals surface area contributed by atoms with Gasteiger partial charge in [-0.2, -0.15) is 24.4 Å². The monoisotopic (exact) mass is 420 g/mol. The Labute approximate surface area is 168 Å². The number of carbonyl (C=O) groups excluding carboxylic acids is 3. The number of carboxylic acids is 1. The van der Waals surface area contributed by atoms with Crippen LogP contribution in [0.3, 0.4) is 0 Å². The van der Waals surface area contributed by atoms with E-state index in [9.17, 15) is 24.3 Å². The molecule has 1 rings (SSSR count). The Morgan fingerprint density at radius 3 is 2.52 bits per heavy atom. The number of nitrogens with one attached hydrogen (secondary N) is 2. The Balaban J connectivity index is 2.62. The fourth-order valence-electron chi connectivity index (χ4n) is 2.76. The van der Waals surface area contributed by atoms with Gasteiger partial charge in [0.2, 0.25) is 17.7 Å². The van der Waals surface area contributed by atoms with E-state index in [1.165, 1.54) is 11.8 Å². The van der Waals surface area contributed by atoms with E-state index in [2.05, 4.69) is 23.3 Å². The maximum absolute atomic E-state index is 12.5. The Kier molecular flexibility index (Phi) is 9.95. The second kappa shape index (κ2) is 11.4. The lowest BCUT2D eigenvalue weighted by molar-refractivity contribution is -0.149. The predicted molar refractivity (Wildman–Crippen MR) is 107 cm³/mol. The normalized spacial score (nSPS) is 19.9. The summed E-state index contributed by atoms with van der Waals surface area (Å²) in [5.41, 5.74) is 5.78. The number of thiol groups is 1. The quantitative estimate of drug-likeness (QED) is 0.287. The lowest BCUT2D eigenvalue weighted by Crippen LogP contribution is -2.57. The number of carboxylic acid groups (broad SMARTS) is 1. The van der Waals surface area contributed by atoms with E-state index < -0.39 is 47.9 Å². The smallest absolute Gasteiger partial charge is 0.326 e. The molecule has 5 N–H and O–H groups in total. The van der Waals surface area contributed by atoms with Crippen molar-refractivity contribution in [2.45, 2.75) is 50.4 Å². The Morgan fingerprint density at radius 1 is 1.30 bits per heavy atom. The molecule has 1 aliphatic heterocycles. The van der Waals surface area contributed by atoms with Crippen molar-refractivity contribution in [1.82, 2.24) is 15.5 Å². The molecule has 0 spiro atoms. The fraction of sp³-hybridized carbons (Fsp3) is 0.750. The molecule has 0 bridgehead atoms. The maximum atomic E-state index is 12.5. The summed E-state index contributed by atoms with van der Waals surface area (Å²) in [6, 6.07) is -3.45. The van der Waals surface area contributed by atoms with Gasteiger partial charge in [-0.3, -0.25) is 14.4 Å². The minimum Gasteiger partial charge on any atom is -0.480 e. The first-order chi connectivity index (χ1) is 12.7. The highest BCUT2D eigenvalue weighted by atomic mass is 32.2. The topological polar surface area (TPSA) is 142 Å². The number of aliphatic carboxylic acids is 1. The third kappa shape index (κ3) is 6.89. The molecule has 0 saturated carbocycles. The first-order valence-electron chi connectivity index (χ1n) is 8.72. The number of likely N-dealkylation sites (tertiary alicyclic amines) is 1. The number of rotatable bonds is 10. The van der Waals surface area contributed by atoms with Crippen LogP contribution in [0.1, 0.15) is 26.2 Å². The highest BCUT2D eigenvalue weighted by Crippen LogP contribution is 2.18. The molecule has 11 heteroatoms. The third-order valence-electron chi connectivity index (χ3n) is 4.34. The van der Waals surface area contributed by atoms with Crippen molar-refractivity contribution in [3.8, 4) is 0 Å². The summed E-state index contributed by atoms with van der Waals surface area (Å²) in [4.78, 5) is 49.4. The molecule has 9 nitrogen and oxygen atoms in total. The minimum atomic E-state index is -1.06. The molecule has 0 aromatic rings. The van der Waals surface area contributed by atoms with Crippen LogP contribution in [0.25, 0.3) is 0 Å². The van der Waals surface area contributed by atoms with E-state index in [0.717, 1.165) is 5.75 Å². The van der Waals surface area contributed by atoms with Gasteiger partial charge in [-0.1, -0.05) is 0 Å². The maximum Gasteiger partial charge on any atom is 0.326 e. The second-order valence-corrected chi connectivity index (χ2v) is 7.74. The van der Waals surface area contributed by atoms with Gasteiger partial charge >= 0.3 is 5.97 Å². The first-order valence-corrected chi connectivity index (χ1v) is 10.7. The lowest BCUT2D eigenvalue weighted by atomic mass is 10.2. The second-order valence-electron chi connectivity index (χ2n) is 6.39. The zero-order valence-electron chi connectivity index (χ0n) is 15.5. The van der Waals surface area contributed by atoms with Crippen molar-refractivity contribution in [3.05, 3.63) is 0 Å². The van der Waals surface area contributed by atoms with Crippen LogP contribution < -0.4 is 16.4 Å². The molecule has 27 heavy (non-hydrogen) atoms. The molecule has 4 atom stereocenters. The molecule has 1 aliphatic rings. The minimum absolute atomic E-state index is 0.0369. The fourth-order valence-corrected chi connectivity index (χ4v) is 3.51. The van der Waals surface area contributed by atoms with Crippen LogP contribution in [0.4, 0.5) is 0 Å². The Hall–Kier alpha value is -1.46. The van der Waals surface area contributed by atoms with E-state index in [0.29, 0.717) is 25.8 Å². The number of nitrogens with zero attached hydrogens (tertiary/aromatic N) is 1. The summed E-state index contributed by atoms with van der Waals surface area (Å²) < 4.78 is 0. The van der Waals surface area contributed by atoms with Gasteiger partial charge in [0, 0.05) is 12.3 Å². The van der Waals surface area contributed by atoms with Crippen molar-refractivity contribution in [2.24, 2.45) is 5.73 Å². The van der Waals surface area contributed by atoms with Gasteiger partial charge in [0.25, 0.3) is 0 Å². The zero-order chi connectivity index (χ0) is 20.6. The molecule has 0 aromatic heterocycles. The van der Waals surface area contributed by atoms with E-state index in [1.54, 1.807) is 11.8 Å². The molecule has 1 heterocycles. The van der Waals surface area contributed by atoms with Gasteiger partial charge < -0.3 is 26.4 Å². The summed E-state index contributed by atoms with van der Waals surface area (Å²) in [7, 11) is 0. The van der Waals surface area contributed by atoms with E-state index in [1.807, 2.05) is 6.26 Å². The molecule has 3 amide bonds. The summed E-state index contributed by atoms with van der Waals surface area (Å²) in [6.07, 6.45) is 3.38. The molecule has 154 valence electrons. The van der Waals surface area contributed by atoms with Crippen LogP contribution in [0.15, 0.2) is 0 Å². The molecule has 0 aliphatic carbocycles. The predicted octanol–water partition coefficient (Wildman–Crippen LogP) is -0.938. The van der Waals surface area contributed by atoms with Crippen LogP contribution in [0, 0.1) is 0 Å². The standard InChI is InChI=1S/C16H28N4O5S2/c1-9(15(23)20-6-3-4-12(20)16(24)25)18-14(22)11(8-26)19-13(21)10(17)5-7-27-2/h9-12,26H,3-8,17H2,1-2H3,(H,18,22)(H,19,21)(H,24,25). The lowest BCUT2D eigenvalue weighted by Gasteiger charge is -2.26. The number of hydrogen-bond donors (Lipinski definition) is 5. The third-order valence-corrected chi connectivity index (χ3v) is 5.34. The highest BCUT2D eigenvalue weighted by Gasteiger charge is 2.36. The molecule has 1 fully saturated rings. The average molecular weight is 421 g/mol. The van der Waals surface area contributed by atoms with Crippen molar-refractivity contribution in [1.29, 1.82) is 0 Å². The summed E-state index contributed by atoms with van der Waals surface area (Å²) in [6.45, 7) is 1.83. The Bertz CT molecular complexity index is 563. The summed E-state index contributed by atoms with van der Waals surface area (Å²) in [5.74, 6) is -1.79. The Morgan fingerprint density at radius 2 is 1.96 bits per heavy atom. The van der Waals surface area contributed by atoms with Gasteiger partial charge in [-0.25, -0.2) is 4.79 Å². The number of hydrogen-bond acceptors (Lipinski definition) is 7. The van der Waals surface area contributed by atoms with Gasteiger partial charge in [0.15, 0.2) is 0 Å². The molecule has 4 unspecified atom stereocenters. The van der Waals surface area contributed by atoms with Crippen LogP contribution >= 0.6 is 24.4 Å². The largest absolute Gasteiger partial charge is 0.480 e. The molecule has 1 saturated heterocycles. The number of nitrogens with two attached hydrogens (primary N) is 1. The zero-order valence-corrected chi connectivity index (χ0v) is 17.2. The molecular weight excluding hydrogens is 392 g/mol. The van der Waals surface area contributed by atoms with Gasteiger partial charge in [-0.05, 0) is 38.2 Å². The van der Waals surface area contributed by atoms with Crippen molar-refractivity contribution in [2.75, 3.05) is 24.3 Å². The van der Waals surface area contributed by atoms with E-state index >= 15 is 0 Å². The van der Waals surface area contributed by atoms with Crippen LogP contribution in [-0.4, -0.2) is 82.2 Å². The van der Waals surface area contributed by atoms with Gasteiger partial charge in [-0.15, -0.1) is 0 Å². The van der Waals surface area contributed by atoms with Crippen LogP contribution in [-0.2, 0) is 19.2 Å². The van der Waals surface area contributed by atoms with Gasteiger partial charge in [0.1, 0.15) is 18.1 Å². The first kappa shape index (κ1) is 23.6. The average Bonchev–Trinajstić information content (AvgIpc) is 3.12. The van der Waals surface area contributed by atoms with E-state index in [-0.39, 0.29) is 5.75 Å². The highest BCUT2D eigenvalue weighted by molar-refractivity contribution is 7.98. The van der Waals surface area contributed by atoms with Crippen molar-refractivity contribution in [3.63, 3.8) is 0 Å². The van der Waals surface area contributed by atoms with Gasteiger partial charge in [0.05, 0.1) is 6.04 Å². The van der Waals surface area contributed by atoms with Crippen molar-refractivity contribution < 1.29 is 24.3 Å². The van der Waals surface area contributed by atoms with Crippen LogP contribution in [0.5, 0.6) is 0 Å². The molecular formula is C16H28N4O5S2. The van der Waals surface area contributed by atoms with Crippen LogP contribution in [0.2, 0.25) is 0 Å². The van der Waals surface area contributed by atoms with E-state index in [4.69, 9.17) is 5.73 Å².